The van der Waals surface area contributed by atoms with Crippen molar-refractivity contribution in [1.29, 1.82) is 0 Å². The maximum absolute atomic E-state index is 5.65. The minimum Gasteiger partial charge on any atom is -0.370 e. The Hall–Kier alpha value is 0.350. The molecule has 0 saturated carbocycles. The molecule has 0 bridgehead atoms. The summed E-state index contributed by atoms with van der Waals surface area (Å²) in [7, 11) is 0. The van der Waals surface area contributed by atoms with E-state index in [1.807, 2.05) is 0 Å². The zero-order valence-corrected chi connectivity index (χ0v) is 12.6. The van der Waals surface area contributed by atoms with Crippen LogP contribution in [0.5, 0.6) is 0 Å². The molecular formula is C9H22IN3S. The summed E-state index contributed by atoms with van der Waals surface area (Å²) in [6, 6.07) is 0. The van der Waals surface area contributed by atoms with Crippen LogP contribution in [0.1, 0.15) is 27.2 Å². The topological polar surface area (TPSA) is 50.4 Å². The Morgan fingerprint density at radius 1 is 1.50 bits per heavy atom. The lowest BCUT2D eigenvalue weighted by Crippen LogP contribution is -2.33. The third-order valence-electron chi connectivity index (χ3n) is 1.74. The summed E-state index contributed by atoms with van der Waals surface area (Å²) in [5.41, 5.74) is 5.65. The normalized spacial score (nSPS) is 12.1. The third kappa shape index (κ3) is 8.93. The molecule has 3 N–H and O–H groups in total. The molecule has 0 radical (unpaired) electrons. The predicted octanol–water partition coefficient (Wildman–Crippen LogP) is 2.06. The van der Waals surface area contributed by atoms with Gasteiger partial charge in [0, 0.05) is 11.3 Å². The van der Waals surface area contributed by atoms with Crippen LogP contribution in [0.2, 0.25) is 0 Å². The number of aliphatic imine (C=N–C) groups is 1. The van der Waals surface area contributed by atoms with Gasteiger partial charge in [0.1, 0.15) is 0 Å². The summed E-state index contributed by atoms with van der Waals surface area (Å²) < 4.78 is 0.179. The second kappa shape index (κ2) is 8.64. The number of guanidine groups is 1. The standard InChI is InChI=1S/C9H21N3S.HI/c1-5-6-11-8(10)12-7-9(2,3)13-4;/h5-7H2,1-4H3,(H3,10,11,12);1H. The number of nitrogens with one attached hydrogen (secondary N) is 1. The van der Waals surface area contributed by atoms with E-state index in [1.54, 1.807) is 11.8 Å². The lowest BCUT2D eigenvalue weighted by atomic mass is 10.2. The molecule has 0 aromatic carbocycles. The minimum atomic E-state index is 0. The highest BCUT2D eigenvalue weighted by Crippen LogP contribution is 2.20. The number of nitrogens with zero attached hydrogens (tertiary/aromatic N) is 1. The van der Waals surface area contributed by atoms with Crippen molar-refractivity contribution in [3.05, 3.63) is 0 Å². The van der Waals surface area contributed by atoms with Gasteiger partial charge in [0.25, 0.3) is 0 Å². The first-order valence-electron chi connectivity index (χ1n) is 4.61. The first-order valence-corrected chi connectivity index (χ1v) is 5.83. The Morgan fingerprint density at radius 2 is 2.07 bits per heavy atom. The van der Waals surface area contributed by atoms with Crippen LogP contribution in [0.25, 0.3) is 0 Å². The smallest absolute Gasteiger partial charge is 0.188 e. The van der Waals surface area contributed by atoms with Crippen molar-refractivity contribution in [3.8, 4) is 0 Å². The maximum atomic E-state index is 5.65. The highest BCUT2D eigenvalue weighted by molar-refractivity contribution is 14.0. The van der Waals surface area contributed by atoms with Crippen LogP contribution in [0.15, 0.2) is 4.99 Å². The van der Waals surface area contributed by atoms with Crippen LogP contribution in [-0.2, 0) is 0 Å². The van der Waals surface area contributed by atoms with Crippen LogP contribution in [-0.4, -0.2) is 30.1 Å². The molecule has 14 heavy (non-hydrogen) atoms. The number of thioether (sulfide) groups is 1. The van der Waals surface area contributed by atoms with Crippen molar-refractivity contribution in [1.82, 2.24) is 5.32 Å². The molecule has 0 aliphatic rings. The van der Waals surface area contributed by atoms with Gasteiger partial charge < -0.3 is 11.1 Å². The Balaban J connectivity index is 0. The van der Waals surface area contributed by atoms with Crippen molar-refractivity contribution < 1.29 is 0 Å². The number of halogens is 1. The van der Waals surface area contributed by atoms with Gasteiger partial charge in [0.15, 0.2) is 5.96 Å². The van der Waals surface area contributed by atoms with Crippen molar-refractivity contribution in [2.24, 2.45) is 10.7 Å². The Morgan fingerprint density at radius 3 is 2.50 bits per heavy atom. The fourth-order valence-corrected chi connectivity index (χ4v) is 0.843. The lowest BCUT2D eigenvalue weighted by Gasteiger charge is -2.19. The summed E-state index contributed by atoms with van der Waals surface area (Å²) in [6.07, 6.45) is 3.16. The molecule has 0 aliphatic carbocycles. The molecule has 0 rings (SSSR count). The molecule has 0 unspecified atom stereocenters. The molecule has 0 saturated heterocycles. The van der Waals surface area contributed by atoms with Gasteiger partial charge in [-0.05, 0) is 26.5 Å². The van der Waals surface area contributed by atoms with Gasteiger partial charge in [-0.25, -0.2) is 0 Å². The van der Waals surface area contributed by atoms with Gasteiger partial charge in [-0.2, -0.15) is 11.8 Å². The highest BCUT2D eigenvalue weighted by atomic mass is 127. The van der Waals surface area contributed by atoms with Gasteiger partial charge in [-0.15, -0.1) is 24.0 Å². The van der Waals surface area contributed by atoms with E-state index in [2.05, 4.69) is 37.3 Å². The van der Waals surface area contributed by atoms with Crippen LogP contribution in [0.3, 0.4) is 0 Å². The van der Waals surface area contributed by atoms with Crippen molar-refractivity contribution in [2.75, 3.05) is 19.3 Å². The molecule has 0 fully saturated rings. The molecule has 0 heterocycles. The molecular weight excluding hydrogens is 309 g/mol. The van der Waals surface area contributed by atoms with E-state index in [0.717, 1.165) is 19.5 Å². The number of rotatable bonds is 5. The van der Waals surface area contributed by atoms with Gasteiger partial charge in [0.2, 0.25) is 0 Å². The van der Waals surface area contributed by atoms with Gasteiger partial charge in [-0.1, -0.05) is 6.92 Å². The molecule has 0 spiro atoms. The molecule has 0 atom stereocenters. The van der Waals surface area contributed by atoms with E-state index in [-0.39, 0.29) is 28.7 Å². The van der Waals surface area contributed by atoms with E-state index in [9.17, 15) is 0 Å². The fourth-order valence-electron chi connectivity index (χ4n) is 0.649. The van der Waals surface area contributed by atoms with Crippen LogP contribution in [0.4, 0.5) is 0 Å². The Bertz CT molecular complexity index is 171. The number of hydrogen-bond acceptors (Lipinski definition) is 2. The van der Waals surface area contributed by atoms with Gasteiger partial charge in [-0.3, -0.25) is 4.99 Å². The van der Waals surface area contributed by atoms with Crippen molar-refractivity contribution >= 4 is 41.7 Å². The summed E-state index contributed by atoms with van der Waals surface area (Å²) in [5.74, 6) is 0.559. The van der Waals surface area contributed by atoms with Crippen molar-refractivity contribution in [3.63, 3.8) is 0 Å². The molecule has 5 heteroatoms. The van der Waals surface area contributed by atoms with E-state index >= 15 is 0 Å². The van der Waals surface area contributed by atoms with E-state index in [1.165, 1.54) is 0 Å². The molecule has 0 aliphatic heterocycles. The van der Waals surface area contributed by atoms with E-state index in [0.29, 0.717) is 5.96 Å². The Labute approximate surface area is 109 Å². The SMILES string of the molecule is CCCNC(N)=NCC(C)(C)SC.I. The largest absolute Gasteiger partial charge is 0.370 e. The highest BCUT2D eigenvalue weighted by Gasteiger charge is 2.14. The number of hydrogen-bond donors (Lipinski definition) is 2. The fraction of sp³-hybridized carbons (Fsp3) is 0.889. The first kappa shape index (κ1) is 16.8. The molecule has 0 aromatic rings. The average molecular weight is 331 g/mol. The maximum Gasteiger partial charge on any atom is 0.188 e. The summed E-state index contributed by atoms with van der Waals surface area (Å²) >= 11 is 1.80. The van der Waals surface area contributed by atoms with Crippen LogP contribution >= 0.6 is 35.7 Å². The average Bonchev–Trinajstić information content (AvgIpc) is 2.11. The predicted molar refractivity (Wildman–Crippen MR) is 77.8 cm³/mol. The van der Waals surface area contributed by atoms with E-state index < -0.39 is 0 Å². The third-order valence-corrected chi connectivity index (χ3v) is 2.97. The monoisotopic (exact) mass is 331 g/mol. The van der Waals surface area contributed by atoms with E-state index in [4.69, 9.17) is 5.73 Å². The molecule has 0 aromatic heterocycles. The summed E-state index contributed by atoms with van der Waals surface area (Å²) in [6.45, 7) is 8.08. The van der Waals surface area contributed by atoms with Gasteiger partial charge in [0.05, 0.1) is 6.54 Å². The zero-order valence-electron chi connectivity index (χ0n) is 9.46. The molecule has 0 amide bonds. The first-order chi connectivity index (χ1) is 6.02. The minimum absolute atomic E-state index is 0. The molecule has 3 nitrogen and oxygen atoms in total. The summed E-state index contributed by atoms with van der Waals surface area (Å²) in [4.78, 5) is 4.27. The second-order valence-corrected chi connectivity index (χ2v) is 5.11. The Kier molecular flexibility index (Phi) is 10.4. The second-order valence-electron chi connectivity index (χ2n) is 3.59. The lowest BCUT2D eigenvalue weighted by molar-refractivity contribution is 0.718. The summed E-state index contributed by atoms with van der Waals surface area (Å²) in [5, 5.41) is 3.05. The van der Waals surface area contributed by atoms with Gasteiger partial charge >= 0.3 is 0 Å². The zero-order chi connectivity index (χ0) is 10.3. The van der Waals surface area contributed by atoms with Crippen LogP contribution < -0.4 is 11.1 Å². The quantitative estimate of drug-likeness (QED) is 0.461. The molecule has 86 valence electrons. The van der Waals surface area contributed by atoms with Crippen LogP contribution in [0, 0.1) is 0 Å². The van der Waals surface area contributed by atoms with Crippen molar-refractivity contribution in [2.45, 2.75) is 31.9 Å². The number of nitrogens with two attached hydrogens (primary N) is 1.